The van der Waals surface area contributed by atoms with Crippen LogP contribution >= 0.6 is 0 Å². The molecule has 0 bridgehead atoms. The maximum absolute atomic E-state index is 12.8. The third kappa shape index (κ3) is 4.79. The number of likely N-dealkylation sites (tertiary alicyclic amines) is 1. The molecule has 0 atom stereocenters. The van der Waals surface area contributed by atoms with Crippen LogP contribution < -0.4 is 4.74 Å². The number of allylic oxidation sites excluding steroid dienone is 1. The van der Waals surface area contributed by atoms with Gasteiger partial charge >= 0.3 is 5.97 Å². The number of carbonyl (C=O) groups is 2. The summed E-state index contributed by atoms with van der Waals surface area (Å²) in [7, 11) is 0. The average Bonchev–Trinajstić information content (AvgIpc) is 3.18. The fourth-order valence-corrected chi connectivity index (χ4v) is 3.19. The second-order valence-electron chi connectivity index (χ2n) is 7.16. The first-order chi connectivity index (χ1) is 13.4. The largest absolute Gasteiger partial charge is 0.490 e. The zero-order valence-electron chi connectivity index (χ0n) is 16.2. The zero-order chi connectivity index (χ0) is 20.1. The van der Waals surface area contributed by atoms with Gasteiger partial charge in [0.25, 0.3) is 5.91 Å². The van der Waals surface area contributed by atoms with Gasteiger partial charge in [-0.2, -0.15) is 5.10 Å². The molecule has 1 aliphatic rings. The van der Waals surface area contributed by atoms with Crippen molar-refractivity contribution in [3.8, 4) is 5.75 Å². The molecule has 0 saturated carbocycles. The molecule has 1 fully saturated rings. The molecule has 0 aliphatic carbocycles. The highest BCUT2D eigenvalue weighted by Gasteiger charge is 2.25. The number of aromatic nitrogens is 2. The van der Waals surface area contributed by atoms with Gasteiger partial charge in [0.2, 0.25) is 0 Å². The minimum Gasteiger partial charge on any atom is -0.490 e. The van der Waals surface area contributed by atoms with Crippen molar-refractivity contribution < 1.29 is 19.4 Å². The Balaban J connectivity index is 1.58. The number of nitrogens with zero attached hydrogens (tertiary/aromatic N) is 3. The van der Waals surface area contributed by atoms with Gasteiger partial charge in [-0.15, -0.1) is 0 Å². The highest BCUT2D eigenvalue weighted by molar-refractivity contribution is 5.94. The van der Waals surface area contributed by atoms with Crippen LogP contribution in [0.4, 0.5) is 0 Å². The molecule has 0 radical (unpaired) electrons. The van der Waals surface area contributed by atoms with Gasteiger partial charge in [0.05, 0.1) is 17.8 Å². The number of benzene rings is 1. The third-order valence-corrected chi connectivity index (χ3v) is 4.80. The summed E-state index contributed by atoms with van der Waals surface area (Å²) in [4.78, 5) is 25.7. The molecule has 1 saturated heterocycles. The van der Waals surface area contributed by atoms with Crippen LogP contribution in [0.2, 0.25) is 0 Å². The Hall–Kier alpha value is -3.09. The van der Waals surface area contributed by atoms with E-state index >= 15 is 0 Å². The van der Waals surface area contributed by atoms with E-state index in [9.17, 15) is 9.59 Å². The van der Waals surface area contributed by atoms with Crippen molar-refractivity contribution in [1.29, 1.82) is 0 Å². The van der Waals surface area contributed by atoms with E-state index < -0.39 is 5.97 Å². The van der Waals surface area contributed by atoms with Crippen molar-refractivity contribution in [2.75, 3.05) is 19.7 Å². The van der Waals surface area contributed by atoms with E-state index in [0.717, 1.165) is 12.8 Å². The smallest absolute Gasteiger partial charge is 0.338 e. The highest BCUT2D eigenvalue weighted by atomic mass is 16.5. The molecule has 148 valence electrons. The third-order valence-electron chi connectivity index (χ3n) is 4.80. The van der Waals surface area contributed by atoms with E-state index in [1.165, 1.54) is 11.8 Å². The fourth-order valence-electron chi connectivity index (χ4n) is 3.19. The molecule has 0 spiro atoms. The maximum atomic E-state index is 12.8. The number of amides is 1. The molecule has 2 heterocycles. The van der Waals surface area contributed by atoms with E-state index in [4.69, 9.17) is 9.84 Å². The average molecular weight is 383 g/mol. The molecule has 1 N–H and O–H groups in total. The predicted molar refractivity (Wildman–Crippen MR) is 105 cm³/mol. The van der Waals surface area contributed by atoms with Crippen LogP contribution in [-0.4, -0.2) is 51.4 Å². The van der Waals surface area contributed by atoms with Crippen molar-refractivity contribution in [2.45, 2.75) is 32.7 Å². The lowest BCUT2D eigenvalue weighted by Gasteiger charge is -2.32. The lowest BCUT2D eigenvalue weighted by atomic mass is 10.0. The minimum absolute atomic E-state index is 0.0159. The lowest BCUT2D eigenvalue weighted by Crippen LogP contribution is -2.39. The normalized spacial score (nSPS) is 14.6. The summed E-state index contributed by atoms with van der Waals surface area (Å²) in [5.41, 5.74) is 1.98. The zero-order valence-corrected chi connectivity index (χ0v) is 16.2. The molecule has 0 unspecified atom stereocenters. The van der Waals surface area contributed by atoms with E-state index in [2.05, 4.69) is 5.10 Å². The van der Waals surface area contributed by atoms with Gasteiger partial charge in [0, 0.05) is 24.8 Å². The number of carboxylic acid groups (broad SMARTS) is 1. The summed E-state index contributed by atoms with van der Waals surface area (Å²) in [5.74, 6) is -0.320. The Bertz CT molecular complexity index is 875. The van der Waals surface area contributed by atoms with E-state index in [1.807, 2.05) is 37.0 Å². The number of hydrogen-bond acceptors (Lipinski definition) is 4. The van der Waals surface area contributed by atoms with Gasteiger partial charge in [0.1, 0.15) is 12.4 Å². The Labute approximate surface area is 164 Å². The van der Waals surface area contributed by atoms with Crippen molar-refractivity contribution in [3.05, 3.63) is 59.4 Å². The second kappa shape index (κ2) is 8.73. The Morgan fingerprint density at radius 3 is 2.64 bits per heavy atom. The minimum atomic E-state index is -0.981. The summed E-state index contributed by atoms with van der Waals surface area (Å²) < 4.78 is 7.38. The molecule has 1 aliphatic heterocycles. The van der Waals surface area contributed by atoms with Gasteiger partial charge in [-0.05, 0) is 51.0 Å². The Kier molecular flexibility index (Phi) is 6.13. The number of carboxylic acids is 1. The van der Waals surface area contributed by atoms with Gasteiger partial charge < -0.3 is 14.7 Å². The van der Waals surface area contributed by atoms with Crippen molar-refractivity contribution in [3.63, 3.8) is 0 Å². The van der Waals surface area contributed by atoms with Gasteiger partial charge in [-0.1, -0.05) is 11.6 Å². The molecule has 7 heteroatoms. The molecular formula is C21H25N3O4. The first-order valence-corrected chi connectivity index (χ1v) is 9.37. The highest BCUT2D eigenvalue weighted by Crippen LogP contribution is 2.24. The molecule has 1 aromatic carbocycles. The first kappa shape index (κ1) is 19.7. The molecule has 1 aromatic heterocycles. The number of piperidine rings is 1. The monoisotopic (exact) mass is 383 g/mol. The number of ether oxygens (including phenoxy) is 1. The van der Waals surface area contributed by atoms with Crippen molar-refractivity contribution in [1.82, 2.24) is 14.7 Å². The first-order valence-electron chi connectivity index (χ1n) is 9.37. The van der Waals surface area contributed by atoms with Crippen LogP contribution in [0, 0.1) is 0 Å². The second-order valence-corrected chi connectivity index (χ2v) is 7.16. The number of rotatable bonds is 6. The number of carbonyl (C=O) groups excluding carboxylic acids is 1. The van der Waals surface area contributed by atoms with Crippen LogP contribution in [0.1, 0.15) is 53.4 Å². The van der Waals surface area contributed by atoms with Crippen molar-refractivity contribution >= 4 is 11.9 Å². The number of hydrogen-bond donors (Lipinski definition) is 1. The summed E-state index contributed by atoms with van der Waals surface area (Å²) in [6, 6.07) is 7.36. The quantitative estimate of drug-likeness (QED) is 0.773. The maximum Gasteiger partial charge on any atom is 0.338 e. The fraction of sp³-hybridized carbons (Fsp3) is 0.381. The van der Waals surface area contributed by atoms with Crippen molar-refractivity contribution in [2.24, 2.45) is 0 Å². The van der Waals surface area contributed by atoms with E-state index in [0.29, 0.717) is 31.0 Å². The van der Waals surface area contributed by atoms with E-state index in [-0.39, 0.29) is 17.5 Å². The standard InChI is InChI=1S/C21H25N3O4/c1-15(2)8-11-28-19-5-3-4-16(12-19)20(25)23-9-6-18(7-10-23)24-14-17(13-22-24)21(26)27/h3-5,8,12-14,18H,6-7,9-11H2,1-2H3,(H,26,27). The molecule has 2 aromatic rings. The number of aromatic carboxylic acids is 1. The van der Waals surface area contributed by atoms with Gasteiger partial charge in [-0.3, -0.25) is 9.48 Å². The van der Waals surface area contributed by atoms with Crippen LogP contribution in [0.5, 0.6) is 5.75 Å². The van der Waals surface area contributed by atoms with Crippen LogP contribution in [0.3, 0.4) is 0 Å². The molecule has 3 rings (SSSR count). The van der Waals surface area contributed by atoms with Crippen LogP contribution in [0.25, 0.3) is 0 Å². The van der Waals surface area contributed by atoms with E-state index in [1.54, 1.807) is 23.0 Å². The lowest BCUT2D eigenvalue weighted by molar-refractivity contribution is 0.0688. The summed E-state index contributed by atoms with van der Waals surface area (Å²) in [6.45, 7) is 5.72. The van der Waals surface area contributed by atoms with Crippen LogP contribution in [-0.2, 0) is 0 Å². The Morgan fingerprint density at radius 1 is 1.25 bits per heavy atom. The van der Waals surface area contributed by atoms with Gasteiger partial charge in [-0.25, -0.2) is 4.79 Å². The summed E-state index contributed by atoms with van der Waals surface area (Å²) >= 11 is 0. The molecule has 28 heavy (non-hydrogen) atoms. The van der Waals surface area contributed by atoms with Crippen LogP contribution in [0.15, 0.2) is 48.3 Å². The molecular weight excluding hydrogens is 358 g/mol. The predicted octanol–water partition coefficient (Wildman–Crippen LogP) is 3.40. The summed E-state index contributed by atoms with van der Waals surface area (Å²) in [6.07, 6.45) is 6.38. The topological polar surface area (TPSA) is 84.7 Å². The Morgan fingerprint density at radius 2 is 2.00 bits per heavy atom. The molecule has 1 amide bonds. The summed E-state index contributed by atoms with van der Waals surface area (Å²) in [5, 5.41) is 13.2. The van der Waals surface area contributed by atoms with Gasteiger partial charge in [0.15, 0.2) is 0 Å². The molecule has 7 nitrogen and oxygen atoms in total. The SMILES string of the molecule is CC(C)=CCOc1cccc(C(=O)N2CCC(n3cc(C(=O)O)cn3)CC2)c1.